The molecule has 0 rings (SSSR count). The van der Waals surface area contributed by atoms with Crippen LogP contribution in [-0.4, -0.2) is 25.4 Å². The van der Waals surface area contributed by atoms with Gasteiger partial charge in [-0.15, -0.1) is 0 Å². The maximum Gasteiger partial charge on any atom is 1.00 e. The molecule has 0 aliphatic heterocycles. The van der Waals surface area contributed by atoms with Crippen LogP contribution in [0, 0.1) is 0 Å². The second kappa shape index (κ2) is 41.8. The van der Waals surface area contributed by atoms with Crippen LogP contribution in [0.2, 0.25) is 0 Å². The van der Waals surface area contributed by atoms with Gasteiger partial charge in [-0.05, 0) is 12.8 Å². The van der Waals surface area contributed by atoms with E-state index in [0.29, 0.717) is 12.8 Å². The third-order valence-electron chi connectivity index (χ3n) is 8.24. The zero-order valence-corrected chi connectivity index (χ0v) is 31.9. The Bertz CT molecular complexity index is 538. The number of hydrogen-bond acceptors (Lipinski definition) is 3. The summed E-state index contributed by atoms with van der Waals surface area (Å²) in [4.78, 5) is 0. The number of alkyl halides is 1. The molecule has 42 heavy (non-hydrogen) atoms. The number of halogens is 1. The van der Waals surface area contributed by atoms with Crippen LogP contribution in [0.4, 0.5) is 4.39 Å². The van der Waals surface area contributed by atoms with E-state index in [1.807, 2.05) is 0 Å². The van der Waals surface area contributed by atoms with Gasteiger partial charge in [0.1, 0.15) is 0 Å². The van der Waals surface area contributed by atoms with Gasteiger partial charge in [0.15, 0.2) is 0 Å². The molecule has 0 heterocycles. The average Bonchev–Trinajstić information content (AvgIpc) is 2.94. The smallest absolute Gasteiger partial charge is 0.748 e. The van der Waals surface area contributed by atoms with Gasteiger partial charge >= 0.3 is 29.6 Å². The summed E-state index contributed by atoms with van der Waals surface area (Å²) in [7, 11) is -4.01. The fraction of sp³-hybridized carbons (Fsp3) is 1.00. The minimum Gasteiger partial charge on any atom is -0.748 e. The molecule has 0 fully saturated rings. The largest absolute Gasteiger partial charge is 1.00 e. The molecule has 0 aliphatic rings. The van der Waals surface area contributed by atoms with Crippen molar-refractivity contribution >= 4 is 10.1 Å². The van der Waals surface area contributed by atoms with Gasteiger partial charge in [-0.1, -0.05) is 206 Å². The Morgan fingerprint density at radius 2 is 0.571 bits per heavy atom. The van der Waals surface area contributed by atoms with Crippen LogP contribution in [0.25, 0.3) is 0 Å². The van der Waals surface area contributed by atoms with Gasteiger partial charge in [-0.2, -0.15) is 0 Å². The summed E-state index contributed by atoms with van der Waals surface area (Å²) in [6.07, 6.45) is 42.1. The molecule has 0 unspecified atom stereocenters. The van der Waals surface area contributed by atoms with Crippen molar-refractivity contribution < 1.29 is 46.9 Å². The predicted molar refractivity (Wildman–Crippen MR) is 180 cm³/mol. The second-order valence-corrected chi connectivity index (χ2v) is 14.1. The summed E-state index contributed by atoms with van der Waals surface area (Å²) in [5.41, 5.74) is 0. The number of rotatable bonds is 33. The Balaban J connectivity index is -0.000000748. The van der Waals surface area contributed by atoms with E-state index in [9.17, 15) is 17.4 Å². The van der Waals surface area contributed by atoms with E-state index in [1.165, 1.54) is 148 Å². The zero-order valence-electron chi connectivity index (χ0n) is 29.1. The van der Waals surface area contributed by atoms with E-state index in [-0.39, 0.29) is 42.0 Å². The van der Waals surface area contributed by atoms with Gasteiger partial charge in [-0.3, -0.25) is 4.39 Å². The van der Waals surface area contributed by atoms with Crippen molar-refractivity contribution in [1.82, 2.24) is 0 Å². The van der Waals surface area contributed by atoms with E-state index in [4.69, 9.17) is 0 Å². The minimum atomic E-state index is -4.01. The Hall–Kier alpha value is 0.840. The first-order chi connectivity index (χ1) is 20.0. The molecule has 0 aromatic heterocycles. The molecule has 0 bridgehead atoms. The minimum absolute atomic E-state index is 0. The van der Waals surface area contributed by atoms with Gasteiger partial charge in [0.2, 0.25) is 0 Å². The molecule has 0 amide bonds. The Kier molecular flexibility index (Phi) is 47.1. The van der Waals surface area contributed by atoms with Gasteiger partial charge in [0.25, 0.3) is 0 Å². The number of hydrogen-bond donors (Lipinski definition) is 0. The monoisotopic (exact) mass is 629 g/mol. The molecule has 0 aromatic carbocycles. The quantitative estimate of drug-likeness (QED) is 0.0413. The molecule has 0 radical (unpaired) electrons. The van der Waals surface area contributed by atoms with Crippen molar-refractivity contribution in [2.45, 2.75) is 219 Å². The maximum absolute atomic E-state index is 11.8. The molecule has 0 N–H and O–H groups in total. The van der Waals surface area contributed by atoms with Crippen molar-refractivity contribution in [3.63, 3.8) is 0 Å². The van der Waals surface area contributed by atoms with Crippen LogP contribution in [0.3, 0.4) is 0 Å². The fourth-order valence-corrected chi connectivity index (χ4v) is 6.03. The molecule has 0 aromatic rings. The summed E-state index contributed by atoms with van der Waals surface area (Å²) < 4.78 is 42.7. The van der Waals surface area contributed by atoms with Gasteiger partial charge < -0.3 is 4.55 Å². The molecule has 250 valence electrons. The molecule has 0 saturated carbocycles. The van der Waals surface area contributed by atoms with Crippen LogP contribution in [-0.2, 0) is 10.1 Å². The Morgan fingerprint density at radius 3 is 0.762 bits per heavy atom. The van der Waals surface area contributed by atoms with Crippen LogP contribution in [0.15, 0.2) is 0 Å². The molecule has 0 spiro atoms. The van der Waals surface area contributed by atoms with E-state index in [2.05, 4.69) is 13.8 Å². The van der Waals surface area contributed by atoms with Gasteiger partial charge in [0.05, 0.1) is 16.8 Å². The van der Waals surface area contributed by atoms with Gasteiger partial charge in [0, 0.05) is 5.75 Å². The first-order valence-corrected chi connectivity index (χ1v) is 20.0. The SMILES string of the molecule is CCCCCCCCCCCCCCCCCCCCCCCC.O=S(=O)([O-])CCCCCCCCCCCCF.[Na+]. The third kappa shape index (κ3) is 50.5. The van der Waals surface area contributed by atoms with Crippen molar-refractivity contribution in [2.75, 3.05) is 12.4 Å². The summed E-state index contributed by atoms with van der Waals surface area (Å²) in [5, 5.41) is 0. The Morgan fingerprint density at radius 1 is 0.381 bits per heavy atom. The summed E-state index contributed by atoms with van der Waals surface area (Å²) in [5.74, 6) is -0.226. The van der Waals surface area contributed by atoms with Crippen molar-refractivity contribution in [3.8, 4) is 0 Å². The molecule has 0 atom stereocenters. The average molecular weight is 629 g/mol. The Labute approximate surface area is 287 Å². The van der Waals surface area contributed by atoms with Gasteiger partial charge in [-0.25, -0.2) is 8.42 Å². The van der Waals surface area contributed by atoms with Crippen molar-refractivity contribution in [3.05, 3.63) is 0 Å². The summed E-state index contributed by atoms with van der Waals surface area (Å²) >= 11 is 0. The van der Waals surface area contributed by atoms with E-state index in [0.717, 1.165) is 44.9 Å². The predicted octanol–water partition coefficient (Wildman–Crippen LogP) is 10.0. The molecular formula is C36H74FNaO3S. The fourth-order valence-electron chi connectivity index (χ4n) is 5.47. The van der Waals surface area contributed by atoms with Crippen LogP contribution >= 0.6 is 0 Å². The zero-order chi connectivity index (χ0) is 30.5. The standard InChI is InChI=1S/C24H50.C12H25FO3S.Na/c1-3-5-7-9-11-13-15-17-19-21-23-24-22-20-18-16-14-12-10-8-6-4-2;13-11-9-7-5-3-1-2-4-6-8-10-12-17(14,15)16;/h3-24H2,1-2H3;1-12H2,(H,14,15,16);/q;;+1/p-1. The number of unbranched alkanes of at least 4 members (excludes halogenated alkanes) is 30. The molecule has 0 aliphatic carbocycles. The molecule has 0 saturated heterocycles. The molecule has 3 nitrogen and oxygen atoms in total. The van der Waals surface area contributed by atoms with Crippen LogP contribution in [0.5, 0.6) is 0 Å². The maximum atomic E-state index is 11.8. The van der Waals surface area contributed by atoms with Crippen molar-refractivity contribution in [1.29, 1.82) is 0 Å². The van der Waals surface area contributed by atoms with Crippen molar-refractivity contribution in [2.24, 2.45) is 0 Å². The van der Waals surface area contributed by atoms with E-state index < -0.39 is 10.1 Å². The molecular weight excluding hydrogens is 554 g/mol. The summed E-state index contributed by atoms with van der Waals surface area (Å²) in [6, 6.07) is 0. The normalized spacial score (nSPS) is 11.2. The first-order valence-electron chi connectivity index (χ1n) is 18.5. The third-order valence-corrected chi connectivity index (χ3v) is 9.02. The summed E-state index contributed by atoms with van der Waals surface area (Å²) in [6.45, 7) is 4.40. The van der Waals surface area contributed by atoms with E-state index >= 15 is 0 Å². The topological polar surface area (TPSA) is 57.2 Å². The van der Waals surface area contributed by atoms with Crippen LogP contribution in [0.1, 0.15) is 219 Å². The first kappa shape index (κ1) is 47.2. The second-order valence-electron chi connectivity index (χ2n) is 12.6. The van der Waals surface area contributed by atoms with Crippen LogP contribution < -0.4 is 29.6 Å². The molecule has 6 heteroatoms. The van der Waals surface area contributed by atoms with E-state index in [1.54, 1.807) is 0 Å².